The lowest BCUT2D eigenvalue weighted by atomic mass is 10.3. The van der Waals surface area contributed by atoms with Gasteiger partial charge in [0.15, 0.2) is 17.0 Å². The van der Waals surface area contributed by atoms with Gasteiger partial charge in [-0.05, 0) is 35.9 Å². The summed E-state index contributed by atoms with van der Waals surface area (Å²) >= 11 is 6.16. The van der Waals surface area contributed by atoms with Gasteiger partial charge in [0, 0.05) is 5.69 Å². The Bertz CT molecular complexity index is 1210. The monoisotopic (exact) mass is 375 g/mol. The average molecular weight is 376 g/mol. The predicted molar refractivity (Wildman–Crippen MR) is 105 cm³/mol. The van der Waals surface area contributed by atoms with Crippen LogP contribution in [-0.2, 0) is 6.54 Å². The number of rotatable bonds is 4. The number of nitrogens with zero attached hydrogens (tertiary/aromatic N) is 5. The highest BCUT2D eigenvalue weighted by atomic mass is 35.5. The molecular formula is C19H14ClN7. The fourth-order valence-electron chi connectivity index (χ4n) is 3.03. The number of anilines is 1. The van der Waals surface area contributed by atoms with Gasteiger partial charge in [0.2, 0.25) is 5.28 Å². The van der Waals surface area contributed by atoms with Gasteiger partial charge >= 0.3 is 0 Å². The molecule has 0 aliphatic rings. The van der Waals surface area contributed by atoms with Crippen molar-refractivity contribution in [2.75, 3.05) is 5.32 Å². The lowest BCUT2D eigenvalue weighted by Crippen LogP contribution is -2.05. The molecule has 5 rings (SSSR count). The standard InChI is InChI=1S/C19H14ClN7/c20-19-25-17(21-10-15-23-13-8-4-5-9-14(13)24-15)16-18(26-19)27(11-22-16)12-6-2-1-3-7-12/h1-9,11H,10H2,(H,23,24)(H,21,25,26). The number of aromatic nitrogens is 6. The van der Waals surface area contributed by atoms with Crippen molar-refractivity contribution in [2.24, 2.45) is 0 Å². The zero-order chi connectivity index (χ0) is 18.2. The van der Waals surface area contributed by atoms with Crippen molar-refractivity contribution in [1.82, 2.24) is 29.5 Å². The number of halogens is 1. The van der Waals surface area contributed by atoms with Crippen LogP contribution in [0.25, 0.3) is 27.9 Å². The van der Waals surface area contributed by atoms with Crippen LogP contribution in [0.15, 0.2) is 60.9 Å². The molecule has 0 fully saturated rings. The Hall–Kier alpha value is -3.45. The second-order valence-corrected chi connectivity index (χ2v) is 6.36. The van der Waals surface area contributed by atoms with Crippen LogP contribution in [-0.4, -0.2) is 29.5 Å². The summed E-state index contributed by atoms with van der Waals surface area (Å²) in [7, 11) is 0. The minimum Gasteiger partial charge on any atom is -0.361 e. The smallest absolute Gasteiger partial charge is 0.226 e. The van der Waals surface area contributed by atoms with Crippen molar-refractivity contribution in [3.63, 3.8) is 0 Å². The molecule has 0 radical (unpaired) electrons. The van der Waals surface area contributed by atoms with E-state index >= 15 is 0 Å². The minimum atomic E-state index is 0.160. The molecule has 0 aliphatic carbocycles. The number of H-pyrrole nitrogens is 1. The quantitative estimate of drug-likeness (QED) is 0.464. The first-order valence-electron chi connectivity index (χ1n) is 8.41. The van der Waals surface area contributed by atoms with Crippen LogP contribution >= 0.6 is 11.6 Å². The maximum absolute atomic E-state index is 6.16. The van der Waals surface area contributed by atoms with Crippen LogP contribution in [0, 0.1) is 0 Å². The fraction of sp³-hybridized carbons (Fsp3) is 0.0526. The van der Waals surface area contributed by atoms with Gasteiger partial charge in [-0.3, -0.25) is 4.57 Å². The van der Waals surface area contributed by atoms with Gasteiger partial charge in [-0.2, -0.15) is 9.97 Å². The lowest BCUT2D eigenvalue weighted by Gasteiger charge is -2.06. The van der Waals surface area contributed by atoms with Gasteiger partial charge in [0.1, 0.15) is 12.2 Å². The molecule has 0 spiro atoms. The predicted octanol–water partition coefficient (Wildman–Crippen LogP) is 3.96. The molecule has 0 unspecified atom stereocenters. The molecule has 0 atom stereocenters. The normalized spacial score (nSPS) is 11.3. The van der Waals surface area contributed by atoms with Gasteiger partial charge in [0.05, 0.1) is 17.6 Å². The molecule has 2 aromatic carbocycles. The summed E-state index contributed by atoms with van der Waals surface area (Å²) < 4.78 is 1.88. The Labute approximate surface area is 159 Å². The molecule has 0 bridgehead atoms. The molecule has 0 amide bonds. The summed E-state index contributed by atoms with van der Waals surface area (Å²) in [5.41, 5.74) is 4.17. The first kappa shape index (κ1) is 15.8. The average Bonchev–Trinajstić information content (AvgIpc) is 3.30. The van der Waals surface area contributed by atoms with Crippen molar-refractivity contribution < 1.29 is 0 Å². The van der Waals surface area contributed by atoms with E-state index in [1.54, 1.807) is 6.33 Å². The number of nitrogens with one attached hydrogen (secondary N) is 2. The van der Waals surface area contributed by atoms with E-state index in [4.69, 9.17) is 11.6 Å². The van der Waals surface area contributed by atoms with Crippen LogP contribution in [0.4, 0.5) is 5.82 Å². The van der Waals surface area contributed by atoms with Crippen LogP contribution in [0.1, 0.15) is 5.82 Å². The van der Waals surface area contributed by atoms with Crippen LogP contribution < -0.4 is 5.32 Å². The van der Waals surface area contributed by atoms with E-state index in [0.717, 1.165) is 22.5 Å². The Morgan fingerprint density at radius 2 is 1.78 bits per heavy atom. The third-order valence-corrected chi connectivity index (χ3v) is 4.43. The minimum absolute atomic E-state index is 0.160. The molecule has 0 aliphatic heterocycles. The van der Waals surface area contributed by atoms with Crippen molar-refractivity contribution in [1.29, 1.82) is 0 Å². The number of hydrogen-bond donors (Lipinski definition) is 2. The Balaban J connectivity index is 1.50. The van der Waals surface area contributed by atoms with Gasteiger partial charge < -0.3 is 10.3 Å². The molecular weight excluding hydrogens is 362 g/mol. The Morgan fingerprint density at radius 1 is 0.963 bits per heavy atom. The summed E-state index contributed by atoms with van der Waals surface area (Å²) in [4.78, 5) is 21.0. The summed E-state index contributed by atoms with van der Waals surface area (Å²) in [5.74, 6) is 1.38. The summed E-state index contributed by atoms with van der Waals surface area (Å²) in [6.07, 6.45) is 1.72. The third-order valence-electron chi connectivity index (χ3n) is 4.26. The van der Waals surface area contributed by atoms with Crippen LogP contribution in [0.5, 0.6) is 0 Å². The van der Waals surface area contributed by atoms with Gasteiger partial charge in [-0.25, -0.2) is 9.97 Å². The molecule has 132 valence electrons. The fourth-order valence-corrected chi connectivity index (χ4v) is 3.20. The molecule has 8 heteroatoms. The maximum Gasteiger partial charge on any atom is 0.226 e. The van der Waals surface area contributed by atoms with Gasteiger partial charge in [-0.15, -0.1) is 0 Å². The lowest BCUT2D eigenvalue weighted by molar-refractivity contribution is 0.995. The van der Waals surface area contributed by atoms with Gasteiger partial charge in [0.25, 0.3) is 0 Å². The number of benzene rings is 2. The Kier molecular flexibility index (Phi) is 3.72. The highest BCUT2D eigenvalue weighted by Gasteiger charge is 2.14. The zero-order valence-corrected chi connectivity index (χ0v) is 14.9. The molecule has 0 saturated heterocycles. The van der Waals surface area contributed by atoms with E-state index in [9.17, 15) is 0 Å². The van der Waals surface area contributed by atoms with Crippen LogP contribution in [0.3, 0.4) is 0 Å². The summed E-state index contributed by atoms with van der Waals surface area (Å²) in [6.45, 7) is 0.468. The summed E-state index contributed by atoms with van der Waals surface area (Å²) in [6, 6.07) is 17.8. The number of aromatic amines is 1. The third kappa shape index (κ3) is 2.88. The van der Waals surface area contributed by atoms with Gasteiger partial charge in [-0.1, -0.05) is 30.3 Å². The highest BCUT2D eigenvalue weighted by molar-refractivity contribution is 6.28. The number of imidazole rings is 2. The molecule has 2 N–H and O–H groups in total. The van der Waals surface area contributed by atoms with E-state index in [2.05, 4.69) is 30.2 Å². The second-order valence-electron chi connectivity index (χ2n) is 6.02. The van der Waals surface area contributed by atoms with Crippen molar-refractivity contribution in [3.8, 4) is 5.69 Å². The van der Waals surface area contributed by atoms with Crippen molar-refractivity contribution in [2.45, 2.75) is 6.54 Å². The molecule has 7 nitrogen and oxygen atoms in total. The van der Waals surface area contributed by atoms with E-state index in [0.29, 0.717) is 23.5 Å². The van der Waals surface area contributed by atoms with E-state index in [1.165, 1.54) is 0 Å². The molecule has 5 aromatic rings. The first-order valence-corrected chi connectivity index (χ1v) is 8.79. The maximum atomic E-state index is 6.16. The number of fused-ring (bicyclic) bond motifs is 2. The number of para-hydroxylation sites is 3. The molecule has 3 heterocycles. The summed E-state index contributed by atoms with van der Waals surface area (Å²) in [5, 5.41) is 3.42. The van der Waals surface area contributed by atoms with E-state index in [-0.39, 0.29) is 5.28 Å². The van der Waals surface area contributed by atoms with Crippen LogP contribution in [0.2, 0.25) is 5.28 Å². The number of hydrogen-bond acceptors (Lipinski definition) is 5. The largest absolute Gasteiger partial charge is 0.361 e. The second kappa shape index (κ2) is 6.37. The molecule has 27 heavy (non-hydrogen) atoms. The van der Waals surface area contributed by atoms with E-state index < -0.39 is 0 Å². The molecule has 3 aromatic heterocycles. The van der Waals surface area contributed by atoms with Crippen molar-refractivity contribution in [3.05, 3.63) is 72.0 Å². The molecule has 0 saturated carbocycles. The first-order chi connectivity index (χ1) is 13.3. The Morgan fingerprint density at radius 3 is 2.63 bits per heavy atom. The van der Waals surface area contributed by atoms with Crippen molar-refractivity contribution >= 4 is 39.6 Å². The zero-order valence-electron chi connectivity index (χ0n) is 14.1. The SMILES string of the molecule is Clc1nc(NCc2nc3ccccc3[nH]2)c2ncn(-c3ccccc3)c2n1. The highest BCUT2D eigenvalue weighted by Crippen LogP contribution is 2.24. The van der Waals surface area contributed by atoms with E-state index in [1.807, 2.05) is 59.2 Å². The topological polar surface area (TPSA) is 84.3 Å².